The standard InChI is InChI=1S/C24H20BCl/c1-18-6-2-3-7-23(18)25-17-5-4-8-24(25)21-11-9-19(10-12-21)20-13-15-22(26)16-14-20/h2-17,24H,1H3. The first-order valence-corrected chi connectivity index (χ1v) is 9.36. The molecule has 1 atom stereocenters. The molecule has 0 bridgehead atoms. The van der Waals surface area contributed by atoms with Gasteiger partial charge in [0.25, 0.3) is 0 Å². The Bertz CT molecular complexity index is 952. The summed E-state index contributed by atoms with van der Waals surface area (Å²) in [6.45, 7) is 2.57. The van der Waals surface area contributed by atoms with Crippen LogP contribution in [0.5, 0.6) is 0 Å². The average Bonchev–Trinajstić information content (AvgIpc) is 2.69. The maximum absolute atomic E-state index is 6.00. The maximum atomic E-state index is 6.00. The van der Waals surface area contributed by atoms with Gasteiger partial charge in [-0.2, -0.15) is 0 Å². The molecule has 1 heterocycles. The highest BCUT2D eigenvalue weighted by Crippen LogP contribution is 2.28. The topological polar surface area (TPSA) is 0 Å². The molecule has 0 fully saturated rings. The molecule has 0 aromatic heterocycles. The van der Waals surface area contributed by atoms with E-state index < -0.39 is 0 Å². The molecule has 1 unspecified atom stereocenters. The van der Waals surface area contributed by atoms with Crippen molar-refractivity contribution in [2.75, 3.05) is 0 Å². The molecule has 1 aliphatic heterocycles. The predicted octanol–water partition coefficient (Wildman–Crippen LogP) is 6.01. The third kappa shape index (κ3) is 3.40. The lowest BCUT2D eigenvalue weighted by atomic mass is 9.34. The quantitative estimate of drug-likeness (QED) is 0.506. The van der Waals surface area contributed by atoms with Gasteiger partial charge < -0.3 is 0 Å². The molecule has 0 N–H and O–H groups in total. The van der Waals surface area contributed by atoms with E-state index in [1.807, 2.05) is 12.1 Å². The summed E-state index contributed by atoms with van der Waals surface area (Å²) >= 11 is 6.00. The highest BCUT2D eigenvalue weighted by Gasteiger charge is 2.26. The van der Waals surface area contributed by atoms with Crippen molar-refractivity contribution in [3.63, 3.8) is 0 Å². The Kier molecular flexibility index (Phi) is 4.82. The van der Waals surface area contributed by atoms with E-state index in [2.05, 4.69) is 91.8 Å². The van der Waals surface area contributed by atoms with E-state index in [-0.39, 0.29) is 0 Å². The summed E-state index contributed by atoms with van der Waals surface area (Å²) in [6.07, 6.45) is 6.64. The zero-order valence-electron chi connectivity index (χ0n) is 14.8. The molecule has 2 heteroatoms. The molecule has 3 aromatic carbocycles. The van der Waals surface area contributed by atoms with Crippen LogP contribution in [0.1, 0.15) is 16.9 Å². The minimum Gasteiger partial charge on any atom is -0.109 e. The molecule has 0 aliphatic carbocycles. The number of aryl methyl sites for hydroxylation is 1. The van der Waals surface area contributed by atoms with Gasteiger partial charge in [0.15, 0.2) is 0 Å². The number of benzene rings is 3. The molecule has 0 amide bonds. The molecular weight excluding hydrogens is 335 g/mol. The summed E-state index contributed by atoms with van der Waals surface area (Å²) in [5, 5.41) is 0.769. The lowest BCUT2D eigenvalue weighted by molar-refractivity contribution is 1.17. The number of hydrogen-bond acceptors (Lipinski definition) is 0. The van der Waals surface area contributed by atoms with Crippen molar-refractivity contribution < 1.29 is 0 Å². The van der Waals surface area contributed by atoms with Gasteiger partial charge in [-0.15, -0.1) is 5.98 Å². The van der Waals surface area contributed by atoms with Gasteiger partial charge in [0.1, 0.15) is 0 Å². The molecular formula is C24H20BCl. The van der Waals surface area contributed by atoms with Gasteiger partial charge in [0, 0.05) is 5.02 Å². The van der Waals surface area contributed by atoms with Crippen LogP contribution in [0, 0.1) is 6.92 Å². The summed E-state index contributed by atoms with van der Waals surface area (Å²) < 4.78 is 0. The molecule has 3 aromatic rings. The fraction of sp³-hybridized carbons (Fsp3) is 0.0833. The van der Waals surface area contributed by atoms with Crippen LogP contribution in [-0.2, 0) is 0 Å². The minimum absolute atomic E-state index is 0.361. The summed E-state index contributed by atoms with van der Waals surface area (Å²) in [4.78, 5) is 0. The summed E-state index contributed by atoms with van der Waals surface area (Å²) in [6, 6.07) is 25.6. The zero-order chi connectivity index (χ0) is 17.9. The first-order chi connectivity index (χ1) is 12.7. The second kappa shape index (κ2) is 7.39. The van der Waals surface area contributed by atoms with Crippen molar-refractivity contribution in [1.29, 1.82) is 0 Å². The van der Waals surface area contributed by atoms with Crippen LogP contribution in [0.4, 0.5) is 0 Å². The SMILES string of the molecule is Cc1ccccc1B1C=CC=CC1c1ccc(-c2ccc(Cl)cc2)cc1. The van der Waals surface area contributed by atoms with E-state index in [0.717, 1.165) is 5.02 Å². The van der Waals surface area contributed by atoms with Crippen LogP contribution in [-0.4, -0.2) is 6.71 Å². The van der Waals surface area contributed by atoms with E-state index in [4.69, 9.17) is 11.6 Å². The van der Waals surface area contributed by atoms with Gasteiger partial charge >= 0.3 is 0 Å². The summed E-state index contributed by atoms with van der Waals surface area (Å²) in [5.74, 6) is 2.68. The van der Waals surface area contributed by atoms with Crippen molar-refractivity contribution in [3.05, 3.63) is 113 Å². The average molecular weight is 355 g/mol. The monoisotopic (exact) mass is 354 g/mol. The van der Waals surface area contributed by atoms with Gasteiger partial charge in [-0.3, -0.25) is 0 Å². The first kappa shape index (κ1) is 16.9. The molecule has 0 saturated carbocycles. The van der Waals surface area contributed by atoms with E-state index in [9.17, 15) is 0 Å². The smallest absolute Gasteiger partial charge is 0.109 e. The van der Waals surface area contributed by atoms with Gasteiger partial charge in [-0.05, 0) is 41.6 Å². The van der Waals surface area contributed by atoms with Gasteiger partial charge in [-0.1, -0.05) is 102 Å². The van der Waals surface area contributed by atoms with Crippen molar-refractivity contribution in [2.24, 2.45) is 0 Å². The highest BCUT2D eigenvalue weighted by molar-refractivity contribution is 6.80. The highest BCUT2D eigenvalue weighted by atomic mass is 35.5. The second-order valence-corrected chi connectivity index (χ2v) is 7.24. The van der Waals surface area contributed by atoms with Crippen LogP contribution in [0.15, 0.2) is 97.0 Å². The third-order valence-corrected chi connectivity index (χ3v) is 5.41. The van der Waals surface area contributed by atoms with Crippen LogP contribution < -0.4 is 5.46 Å². The number of rotatable bonds is 3. The van der Waals surface area contributed by atoms with Crippen molar-refractivity contribution >= 4 is 23.8 Å². The van der Waals surface area contributed by atoms with Crippen molar-refractivity contribution in [1.82, 2.24) is 0 Å². The van der Waals surface area contributed by atoms with Crippen LogP contribution in [0.2, 0.25) is 5.02 Å². The summed E-state index contributed by atoms with van der Waals surface area (Å²) in [7, 11) is 0. The Hall–Kier alpha value is -2.51. The first-order valence-electron chi connectivity index (χ1n) is 8.99. The molecule has 0 radical (unpaired) electrons. The third-order valence-electron chi connectivity index (χ3n) is 5.16. The molecule has 0 spiro atoms. The minimum atomic E-state index is 0.361. The Labute approximate surface area is 160 Å². The van der Waals surface area contributed by atoms with Crippen LogP contribution >= 0.6 is 11.6 Å². The van der Waals surface area contributed by atoms with E-state index in [1.54, 1.807) is 0 Å². The molecule has 1 aliphatic rings. The molecule has 0 nitrogen and oxygen atoms in total. The second-order valence-electron chi connectivity index (χ2n) is 6.81. The Morgan fingerprint density at radius 3 is 2.12 bits per heavy atom. The number of hydrogen-bond donors (Lipinski definition) is 0. The van der Waals surface area contributed by atoms with Gasteiger partial charge in [0.2, 0.25) is 6.71 Å². The number of allylic oxidation sites excluding steroid dienone is 3. The fourth-order valence-corrected chi connectivity index (χ4v) is 3.85. The zero-order valence-corrected chi connectivity index (χ0v) is 15.5. The lowest BCUT2D eigenvalue weighted by Gasteiger charge is -2.24. The van der Waals surface area contributed by atoms with Crippen LogP contribution in [0.3, 0.4) is 0 Å². The van der Waals surface area contributed by atoms with E-state index >= 15 is 0 Å². The van der Waals surface area contributed by atoms with E-state index in [1.165, 1.54) is 27.7 Å². The molecule has 0 saturated heterocycles. The van der Waals surface area contributed by atoms with Crippen LogP contribution in [0.25, 0.3) is 11.1 Å². The number of halogens is 1. The molecule has 4 rings (SSSR count). The van der Waals surface area contributed by atoms with Gasteiger partial charge in [-0.25, -0.2) is 0 Å². The van der Waals surface area contributed by atoms with Crippen molar-refractivity contribution in [3.8, 4) is 11.1 Å². The summed E-state index contributed by atoms with van der Waals surface area (Å²) in [5.41, 5.74) is 6.50. The molecule has 26 heavy (non-hydrogen) atoms. The Balaban J connectivity index is 1.65. The van der Waals surface area contributed by atoms with Crippen molar-refractivity contribution in [2.45, 2.75) is 12.7 Å². The Morgan fingerprint density at radius 1 is 0.769 bits per heavy atom. The predicted molar refractivity (Wildman–Crippen MR) is 114 cm³/mol. The Morgan fingerprint density at radius 2 is 1.42 bits per heavy atom. The normalized spacial score (nSPS) is 16.1. The van der Waals surface area contributed by atoms with E-state index in [0.29, 0.717) is 12.5 Å². The molecule has 126 valence electrons. The fourth-order valence-electron chi connectivity index (χ4n) is 3.72. The van der Waals surface area contributed by atoms with Gasteiger partial charge in [0.05, 0.1) is 0 Å². The maximum Gasteiger partial charge on any atom is 0.212 e. The lowest BCUT2D eigenvalue weighted by Crippen LogP contribution is -2.37. The largest absolute Gasteiger partial charge is 0.212 e.